The van der Waals surface area contributed by atoms with Crippen molar-refractivity contribution in [3.8, 4) is 0 Å². The third-order valence-corrected chi connectivity index (χ3v) is 5.21. The van der Waals surface area contributed by atoms with Gasteiger partial charge in [0.25, 0.3) is 11.8 Å². The average molecular weight is 384 g/mol. The molecular weight excluding hydrogens is 363 g/mol. The minimum atomic E-state index is -0.645. The van der Waals surface area contributed by atoms with E-state index in [1.165, 1.54) is 18.3 Å². The van der Waals surface area contributed by atoms with Gasteiger partial charge in [-0.3, -0.25) is 14.6 Å². The Morgan fingerprint density at radius 2 is 1.96 bits per heavy atom. The molecule has 2 aromatic rings. The Morgan fingerprint density at radius 1 is 1.18 bits per heavy atom. The van der Waals surface area contributed by atoms with E-state index < -0.39 is 5.60 Å². The molecule has 0 radical (unpaired) electrons. The summed E-state index contributed by atoms with van der Waals surface area (Å²) in [5.41, 5.74) is 1.02. The number of carbonyl (C=O) groups is 2. The fourth-order valence-electron chi connectivity index (χ4n) is 3.75. The maximum absolute atomic E-state index is 13.2. The second-order valence-electron chi connectivity index (χ2n) is 7.30. The second-order valence-corrected chi connectivity index (χ2v) is 7.30. The van der Waals surface area contributed by atoms with Crippen LogP contribution in [0.3, 0.4) is 0 Å². The predicted molar refractivity (Wildman–Crippen MR) is 99.3 cm³/mol. The van der Waals surface area contributed by atoms with Gasteiger partial charge in [0.2, 0.25) is 0 Å². The van der Waals surface area contributed by atoms with Crippen LogP contribution >= 0.6 is 0 Å². The summed E-state index contributed by atoms with van der Waals surface area (Å²) < 4.78 is 19.2. The molecule has 1 spiro atoms. The molecule has 0 saturated carbocycles. The maximum Gasteiger partial charge on any atom is 0.274 e. The van der Waals surface area contributed by atoms with Gasteiger partial charge in [-0.15, -0.1) is 0 Å². The van der Waals surface area contributed by atoms with Crippen molar-refractivity contribution in [2.24, 2.45) is 0 Å². The molecule has 28 heavy (non-hydrogen) atoms. The number of piperidine rings is 1. The molecule has 146 valence electrons. The minimum Gasteiger partial charge on any atom is -0.361 e. The highest BCUT2D eigenvalue weighted by Gasteiger charge is 2.44. The van der Waals surface area contributed by atoms with Gasteiger partial charge in [0, 0.05) is 18.4 Å². The highest BCUT2D eigenvalue weighted by atomic mass is 19.1. The molecule has 0 N–H and O–H groups in total. The lowest BCUT2D eigenvalue weighted by molar-refractivity contribution is -0.144. The summed E-state index contributed by atoms with van der Waals surface area (Å²) in [5.74, 6) is -0.724. The summed E-state index contributed by atoms with van der Waals surface area (Å²) in [6.45, 7) is 3.04. The van der Waals surface area contributed by atoms with E-state index in [-0.39, 0.29) is 24.2 Å². The van der Waals surface area contributed by atoms with E-state index in [2.05, 4.69) is 9.97 Å². The average Bonchev–Trinajstić information content (AvgIpc) is 2.71. The number of halogens is 1. The highest BCUT2D eigenvalue weighted by molar-refractivity contribution is 5.95. The normalized spacial score (nSPS) is 22.6. The van der Waals surface area contributed by atoms with Crippen LogP contribution in [-0.4, -0.2) is 58.5 Å². The first-order valence-electron chi connectivity index (χ1n) is 9.24. The molecule has 0 aliphatic carbocycles. The topological polar surface area (TPSA) is 75.6 Å². The molecule has 1 aromatic carbocycles. The number of likely N-dealkylation sites (tertiary alicyclic amines) is 1. The molecule has 2 fully saturated rings. The van der Waals surface area contributed by atoms with Crippen molar-refractivity contribution in [2.75, 3.05) is 31.1 Å². The summed E-state index contributed by atoms with van der Waals surface area (Å²) in [7, 11) is 0. The fraction of sp³-hybridized carbons (Fsp3) is 0.400. The first-order valence-corrected chi connectivity index (χ1v) is 9.24. The number of hydrogen-bond acceptors (Lipinski definition) is 5. The van der Waals surface area contributed by atoms with Crippen LogP contribution in [0, 0.1) is 12.7 Å². The third-order valence-electron chi connectivity index (χ3n) is 5.21. The van der Waals surface area contributed by atoms with E-state index in [4.69, 9.17) is 4.74 Å². The zero-order chi connectivity index (χ0) is 19.7. The minimum absolute atomic E-state index is 0.0657. The van der Waals surface area contributed by atoms with E-state index in [1.54, 1.807) is 28.1 Å². The van der Waals surface area contributed by atoms with E-state index >= 15 is 0 Å². The van der Waals surface area contributed by atoms with E-state index in [0.29, 0.717) is 31.0 Å². The van der Waals surface area contributed by atoms with Crippen LogP contribution in [0.4, 0.5) is 10.1 Å². The van der Waals surface area contributed by atoms with Crippen molar-refractivity contribution < 1.29 is 18.7 Å². The lowest BCUT2D eigenvalue weighted by atomic mass is 9.90. The van der Waals surface area contributed by atoms with Crippen molar-refractivity contribution in [1.29, 1.82) is 0 Å². The third kappa shape index (κ3) is 3.60. The van der Waals surface area contributed by atoms with Crippen LogP contribution in [0.15, 0.2) is 36.7 Å². The maximum atomic E-state index is 13.2. The number of amides is 2. The van der Waals surface area contributed by atoms with Gasteiger partial charge in [-0.1, -0.05) is 0 Å². The molecule has 4 rings (SSSR count). The number of ether oxygens (including phenoxy) is 1. The number of hydrogen-bond donors (Lipinski definition) is 0. The molecule has 2 amide bonds. The SMILES string of the molecule is Cc1cnc(C(=O)N2CCCC3(C2)CN(c2ccc(F)cc2)C(=O)CO3)cn1. The predicted octanol–water partition coefficient (Wildman–Crippen LogP) is 1.96. The molecule has 7 nitrogen and oxygen atoms in total. The smallest absolute Gasteiger partial charge is 0.274 e. The van der Waals surface area contributed by atoms with Crippen LogP contribution in [-0.2, 0) is 9.53 Å². The van der Waals surface area contributed by atoms with Crippen molar-refractivity contribution in [3.63, 3.8) is 0 Å². The number of aromatic nitrogens is 2. The van der Waals surface area contributed by atoms with Gasteiger partial charge in [-0.2, -0.15) is 0 Å². The van der Waals surface area contributed by atoms with Gasteiger partial charge in [-0.25, -0.2) is 9.37 Å². The summed E-state index contributed by atoms with van der Waals surface area (Å²) in [4.78, 5) is 36.9. The van der Waals surface area contributed by atoms with Crippen molar-refractivity contribution in [1.82, 2.24) is 14.9 Å². The lowest BCUT2D eigenvalue weighted by Gasteiger charge is -2.47. The fourth-order valence-corrected chi connectivity index (χ4v) is 3.75. The van der Waals surface area contributed by atoms with Crippen LogP contribution in [0.2, 0.25) is 0 Å². The number of benzene rings is 1. The van der Waals surface area contributed by atoms with Gasteiger partial charge in [0.15, 0.2) is 0 Å². The summed E-state index contributed by atoms with van der Waals surface area (Å²) >= 11 is 0. The Labute approximate surface area is 162 Å². The molecule has 1 unspecified atom stereocenters. The van der Waals surface area contributed by atoms with Crippen molar-refractivity contribution in [3.05, 3.63) is 53.9 Å². The van der Waals surface area contributed by atoms with Crippen LogP contribution in [0.25, 0.3) is 0 Å². The van der Waals surface area contributed by atoms with E-state index in [0.717, 1.165) is 18.5 Å². The van der Waals surface area contributed by atoms with Crippen LogP contribution < -0.4 is 4.90 Å². The summed E-state index contributed by atoms with van der Waals surface area (Å²) in [6, 6.07) is 5.83. The number of carbonyl (C=O) groups excluding carboxylic acids is 2. The monoisotopic (exact) mass is 384 g/mol. The van der Waals surface area contributed by atoms with E-state index in [1.807, 2.05) is 6.92 Å². The van der Waals surface area contributed by atoms with Gasteiger partial charge in [-0.05, 0) is 44.0 Å². The number of anilines is 1. The zero-order valence-electron chi connectivity index (χ0n) is 15.6. The van der Waals surface area contributed by atoms with Gasteiger partial charge >= 0.3 is 0 Å². The number of morpholine rings is 1. The largest absolute Gasteiger partial charge is 0.361 e. The Morgan fingerprint density at radius 3 is 2.68 bits per heavy atom. The van der Waals surface area contributed by atoms with Gasteiger partial charge < -0.3 is 14.5 Å². The summed E-state index contributed by atoms with van der Waals surface area (Å²) in [5, 5.41) is 0. The summed E-state index contributed by atoms with van der Waals surface area (Å²) in [6.07, 6.45) is 4.55. The second kappa shape index (κ2) is 7.27. The number of rotatable bonds is 2. The molecule has 1 atom stereocenters. The number of aryl methyl sites for hydroxylation is 1. The van der Waals surface area contributed by atoms with Gasteiger partial charge in [0.05, 0.1) is 25.0 Å². The van der Waals surface area contributed by atoms with Crippen molar-refractivity contribution in [2.45, 2.75) is 25.4 Å². The first-order chi connectivity index (χ1) is 13.5. The quantitative estimate of drug-likeness (QED) is 0.791. The van der Waals surface area contributed by atoms with Crippen LogP contribution in [0.1, 0.15) is 29.0 Å². The molecule has 2 aliphatic rings. The highest BCUT2D eigenvalue weighted by Crippen LogP contribution is 2.32. The van der Waals surface area contributed by atoms with Crippen LogP contribution in [0.5, 0.6) is 0 Å². The lowest BCUT2D eigenvalue weighted by Crippen LogP contribution is -2.62. The molecule has 3 heterocycles. The Hall–Kier alpha value is -2.87. The molecule has 0 bridgehead atoms. The number of nitrogens with zero attached hydrogens (tertiary/aromatic N) is 4. The Kier molecular flexibility index (Phi) is 4.80. The first kappa shape index (κ1) is 18.5. The Balaban J connectivity index is 1.53. The zero-order valence-corrected chi connectivity index (χ0v) is 15.6. The molecular formula is C20H21FN4O3. The van der Waals surface area contributed by atoms with Crippen molar-refractivity contribution >= 4 is 17.5 Å². The molecule has 8 heteroatoms. The molecule has 2 saturated heterocycles. The standard InChI is InChI=1S/C20H21FN4O3/c1-14-9-23-17(10-22-14)19(27)24-8-2-7-20(12-24)13-25(18(26)11-28-20)16-5-3-15(21)4-6-16/h3-6,9-10H,2,7-8,11-13H2,1H3. The molecule has 1 aromatic heterocycles. The van der Waals surface area contributed by atoms with E-state index in [9.17, 15) is 14.0 Å². The van der Waals surface area contributed by atoms with Gasteiger partial charge in [0.1, 0.15) is 23.7 Å². The Bertz CT molecular complexity index is 887. The molecule has 2 aliphatic heterocycles.